The second-order valence-electron chi connectivity index (χ2n) is 19.6. The van der Waals surface area contributed by atoms with E-state index >= 15 is 8.78 Å². The fraction of sp³-hybridized carbons (Fsp3) is 0.480. The van der Waals surface area contributed by atoms with E-state index in [2.05, 4.69) is 46.9 Å². The number of halogens is 10. The maximum atomic E-state index is 16.0. The number of aromatic nitrogens is 3. The summed E-state index contributed by atoms with van der Waals surface area (Å²) in [5.74, 6) is 0.646. The van der Waals surface area contributed by atoms with E-state index in [0.717, 1.165) is 32.3 Å². The zero-order chi connectivity index (χ0) is 57.5. The number of amides is 4. The maximum absolute atomic E-state index is 16.0. The predicted molar refractivity (Wildman–Crippen MR) is 258 cm³/mol. The standard InChI is InChI=1S/C50H56F10N10O8/c1-47(2,49(55,56)57)40(64-45(74)76-5)42(72)63-37(17-28-10-7-27(8-11-28)9-12-29-13-14-39(61-20-29)68-21-31-25-78-26-32(22-68)62-31)38(71)24-69(67-43(73)41(65-46(75)77-6)48(3,4)50(58,59)60)23-33-34(51)18-30(19-35(33)52)36-15-16-70(66-36)44(53)54/h7-8,10-11,13-16,18-20,31-32,37-38,40-41,44,62,71H,17,21-26H2,1-6H3,(H,63,72)(H,64,74)(H,65,75)(H,67,73)/t31?,32?,37-,38-,40+,41+/m0/s1. The number of alkyl carbamates (subject to hydrolysis) is 2. The number of alkyl halides is 8. The molecule has 4 heterocycles. The number of aliphatic hydroxyl groups is 1. The van der Waals surface area contributed by atoms with Gasteiger partial charge in [-0.05, 0) is 82.1 Å². The molecule has 2 bridgehead atoms. The van der Waals surface area contributed by atoms with E-state index in [9.17, 15) is 59.4 Å². The third-order valence-electron chi connectivity index (χ3n) is 13.2. The van der Waals surface area contributed by atoms with E-state index in [1.54, 1.807) is 17.6 Å². The smallest absolute Gasteiger partial charge is 0.407 e. The Hall–Kier alpha value is -7.22. The van der Waals surface area contributed by atoms with Gasteiger partial charge < -0.3 is 45.5 Å². The van der Waals surface area contributed by atoms with Gasteiger partial charge in [0.1, 0.15) is 29.5 Å². The van der Waals surface area contributed by atoms with Gasteiger partial charge in [-0.15, -0.1) is 0 Å². The third kappa shape index (κ3) is 14.7. The van der Waals surface area contributed by atoms with E-state index in [0.29, 0.717) is 82.3 Å². The Balaban J connectivity index is 1.34. The lowest BCUT2D eigenvalue weighted by atomic mass is 9.82. The number of hydrazine groups is 1. The Bertz CT molecular complexity index is 2790. The van der Waals surface area contributed by atoms with Crippen LogP contribution < -0.4 is 31.6 Å². The molecule has 28 heteroatoms. The summed E-state index contributed by atoms with van der Waals surface area (Å²) in [6.45, 7) is -0.579. The number of nitrogens with one attached hydrogen (secondary N) is 5. The lowest BCUT2D eigenvalue weighted by molar-refractivity contribution is -0.221. The average molecular weight is 1120 g/mol. The van der Waals surface area contributed by atoms with Crippen LogP contribution in [0.2, 0.25) is 0 Å². The zero-order valence-electron chi connectivity index (χ0n) is 42.7. The molecule has 6 atom stereocenters. The second kappa shape index (κ2) is 24.6. The van der Waals surface area contributed by atoms with Crippen molar-refractivity contribution in [3.05, 3.63) is 101 Å². The lowest BCUT2D eigenvalue weighted by Crippen LogP contribution is -2.63. The number of aliphatic hydroxyl groups excluding tert-OH is 1. The van der Waals surface area contributed by atoms with E-state index < -0.39 is 115 Å². The summed E-state index contributed by atoms with van der Waals surface area (Å²) in [4.78, 5) is 59.5. The molecule has 0 radical (unpaired) electrons. The molecule has 78 heavy (non-hydrogen) atoms. The Labute approximate surface area is 440 Å². The first kappa shape index (κ1) is 60.0. The minimum Gasteiger partial charge on any atom is -0.453 e. The summed E-state index contributed by atoms with van der Waals surface area (Å²) < 4.78 is 160. The van der Waals surface area contributed by atoms with Gasteiger partial charge in [0.05, 0.1) is 56.1 Å². The van der Waals surface area contributed by atoms with Crippen LogP contribution in [0.5, 0.6) is 0 Å². The summed E-state index contributed by atoms with van der Waals surface area (Å²) in [7, 11) is 1.60. The van der Waals surface area contributed by atoms with Gasteiger partial charge in [0, 0.05) is 72.9 Å². The van der Waals surface area contributed by atoms with Crippen LogP contribution in [-0.4, -0.2) is 145 Å². The van der Waals surface area contributed by atoms with Crippen LogP contribution in [-0.2, 0) is 36.8 Å². The number of hydrogen-bond donors (Lipinski definition) is 6. The third-order valence-corrected chi connectivity index (χ3v) is 13.2. The molecule has 2 saturated heterocycles. The van der Waals surface area contributed by atoms with Gasteiger partial charge in [0.2, 0.25) is 5.91 Å². The van der Waals surface area contributed by atoms with Crippen LogP contribution >= 0.6 is 0 Å². The van der Waals surface area contributed by atoms with Crippen LogP contribution in [0.1, 0.15) is 56.5 Å². The van der Waals surface area contributed by atoms with Crippen molar-refractivity contribution in [2.45, 2.75) is 95.9 Å². The molecule has 2 aromatic carbocycles. The summed E-state index contributed by atoms with van der Waals surface area (Å²) in [6, 6.07) is 5.50. The number of morpholine rings is 1. The molecular weight excluding hydrogens is 1060 g/mol. The number of hydrogen-bond acceptors (Lipinski definition) is 13. The minimum atomic E-state index is -5.23. The van der Waals surface area contributed by atoms with Gasteiger partial charge in [-0.25, -0.2) is 33.0 Å². The van der Waals surface area contributed by atoms with Crippen molar-refractivity contribution >= 4 is 29.8 Å². The maximum Gasteiger partial charge on any atom is 0.407 e. The molecule has 0 saturated carbocycles. The minimum absolute atomic E-state index is 0.164. The number of methoxy groups -OCH3 is 2. The van der Waals surface area contributed by atoms with E-state index in [4.69, 9.17) is 4.74 Å². The Morgan fingerprint density at radius 2 is 1.35 bits per heavy atom. The number of carbonyl (C=O) groups excluding carboxylic acids is 4. The number of pyridine rings is 1. The first-order valence-electron chi connectivity index (χ1n) is 23.8. The van der Waals surface area contributed by atoms with Crippen LogP contribution in [0.15, 0.2) is 67.0 Å². The highest BCUT2D eigenvalue weighted by Crippen LogP contribution is 2.42. The molecule has 4 aromatic rings. The van der Waals surface area contributed by atoms with Crippen LogP contribution in [0.4, 0.5) is 59.3 Å². The van der Waals surface area contributed by atoms with Gasteiger partial charge in [0.25, 0.3) is 5.91 Å². The van der Waals surface area contributed by atoms with Crippen LogP contribution in [0.25, 0.3) is 11.3 Å². The quantitative estimate of drug-likeness (QED) is 0.0399. The van der Waals surface area contributed by atoms with Crippen molar-refractivity contribution in [2.24, 2.45) is 10.8 Å². The first-order valence-corrected chi connectivity index (χ1v) is 23.8. The highest BCUT2D eigenvalue weighted by Gasteiger charge is 2.57. The average Bonchev–Trinajstić information content (AvgIpc) is 3.89. The lowest BCUT2D eigenvalue weighted by Gasteiger charge is -2.42. The van der Waals surface area contributed by atoms with Crippen LogP contribution in [0.3, 0.4) is 0 Å². The number of nitrogens with zero attached hydrogens (tertiary/aromatic N) is 5. The van der Waals surface area contributed by atoms with E-state index in [1.807, 2.05) is 16.8 Å². The fourth-order valence-corrected chi connectivity index (χ4v) is 8.35. The van der Waals surface area contributed by atoms with Crippen molar-refractivity contribution in [3.63, 3.8) is 0 Å². The number of anilines is 1. The second-order valence-corrected chi connectivity index (χ2v) is 19.6. The van der Waals surface area contributed by atoms with E-state index in [-0.39, 0.29) is 33.6 Å². The van der Waals surface area contributed by atoms with Gasteiger partial charge in [-0.2, -0.15) is 40.2 Å². The number of rotatable bonds is 18. The highest BCUT2D eigenvalue weighted by atomic mass is 19.4. The number of carbonyl (C=O) groups is 4. The van der Waals surface area contributed by atoms with Crippen molar-refractivity contribution in [1.29, 1.82) is 0 Å². The molecule has 6 N–H and O–H groups in total. The molecule has 0 aliphatic carbocycles. The molecule has 2 aliphatic rings. The van der Waals surface area contributed by atoms with Crippen LogP contribution in [0, 0.1) is 34.3 Å². The fourth-order valence-electron chi connectivity index (χ4n) is 8.35. The molecule has 6 rings (SSSR count). The van der Waals surface area contributed by atoms with Crippen molar-refractivity contribution in [1.82, 2.24) is 46.5 Å². The normalized spacial score (nSPS) is 17.5. The Morgan fingerprint density at radius 3 is 1.85 bits per heavy atom. The van der Waals surface area contributed by atoms with Gasteiger partial charge in [0.15, 0.2) is 0 Å². The van der Waals surface area contributed by atoms with Crippen molar-refractivity contribution in [3.8, 4) is 23.1 Å². The summed E-state index contributed by atoms with van der Waals surface area (Å²) >= 11 is 0. The summed E-state index contributed by atoms with van der Waals surface area (Å²) in [5, 5.41) is 25.5. The van der Waals surface area contributed by atoms with Gasteiger partial charge in [-0.3, -0.25) is 15.0 Å². The number of benzene rings is 2. The molecule has 18 nitrogen and oxygen atoms in total. The molecule has 424 valence electrons. The molecule has 2 aliphatic heterocycles. The van der Waals surface area contributed by atoms with Crippen molar-refractivity contribution < 1.29 is 82.4 Å². The number of piperazine rings is 1. The number of fused-ring (bicyclic) bond motifs is 2. The molecule has 0 spiro atoms. The number of ether oxygens (including phenoxy) is 3. The topological polar surface area (TPSA) is 214 Å². The highest BCUT2D eigenvalue weighted by molar-refractivity contribution is 5.87. The summed E-state index contributed by atoms with van der Waals surface area (Å²) in [6.07, 6.45) is -13.6. The van der Waals surface area contributed by atoms with Gasteiger partial charge >= 0.3 is 31.1 Å². The first-order chi connectivity index (χ1) is 36.5. The zero-order valence-corrected chi connectivity index (χ0v) is 42.7. The molecule has 2 fully saturated rings. The Kier molecular flexibility index (Phi) is 18.9. The molecule has 2 aromatic heterocycles. The summed E-state index contributed by atoms with van der Waals surface area (Å²) in [5.41, 5.74) is -4.47. The van der Waals surface area contributed by atoms with Gasteiger partial charge in [-0.1, -0.05) is 24.0 Å². The molecule has 4 amide bonds. The monoisotopic (exact) mass is 1110 g/mol. The molecule has 2 unspecified atom stereocenters. The largest absolute Gasteiger partial charge is 0.453 e. The Morgan fingerprint density at radius 1 is 0.808 bits per heavy atom. The molecular formula is C50H56F10N10O8. The SMILES string of the molecule is COC(=O)N[C@H](C(=O)N[C@@H](Cc1ccc(C#Cc2ccc(N3CC4COCC(C3)N4)nc2)cc1)[C@@H](O)CN(Cc1c(F)cc(-c2ccn(C(F)F)n2)cc1F)NC(=O)[C@@H](NC(=O)OC)C(C)(C)C(F)(F)F)C(C)(C)C(F)(F)F. The predicted octanol–water partition coefficient (Wildman–Crippen LogP) is 5.74. The van der Waals surface area contributed by atoms with E-state index in [1.165, 1.54) is 24.3 Å². The van der Waals surface area contributed by atoms with Crippen molar-refractivity contribution in [2.75, 3.05) is 52.0 Å².